The molecule has 1 aromatic heterocycles. The van der Waals surface area contributed by atoms with Crippen LogP contribution in [0, 0.1) is 12.7 Å². The Labute approximate surface area is 177 Å². The number of aromatic nitrogens is 1. The van der Waals surface area contributed by atoms with Gasteiger partial charge in [0.05, 0.1) is 12.0 Å². The number of anilines is 1. The summed E-state index contributed by atoms with van der Waals surface area (Å²) in [6.45, 7) is 1.67. The Bertz CT molecular complexity index is 1100. The average molecular weight is 426 g/mol. The van der Waals surface area contributed by atoms with E-state index in [1.165, 1.54) is 24.3 Å². The van der Waals surface area contributed by atoms with Crippen molar-refractivity contribution in [2.24, 2.45) is 0 Å². The van der Waals surface area contributed by atoms with Gasteiger partial charge in [0.15, 0.2) is 0 Å². The van der Waals surface area contributed by atoms with E-state index >= 15 is 0 Å². The van der Waals surface area contributed by atoms with Crippen molar-refractivity contribution in [2.45, 2.75) is 37.7 Å². The van der Waals surface area contributed by atoms with Crippen LogP contribution < -0.4 is 5.32 Å². The quantitative estimate of drug-likeness (QED) is 0.604. The number of nitrogens with one attached hydrogen (secondary N) is 1. The monoisotopic (exact) mass is 426 g/mol. The van der Waals surface area contributed by atoms with Crippen molar-refractivity contribution in [3.63, 3.8) is 0 Å². The summed E-state index contributed by atoms with van der Waals surface area (Å²) in [5.74, 6) is -3.93. The van der Waals surface area contributed by atoms with Crippen LogP contribution in [0.1, 0.15) is 29.7 Å². The lowest BCUT2D eigenvalue weighted by Gasteiger charge is -2.46. The van der Waals surface area contributed by atoms with E-state index in [1.807, 2.05) is 6.92 Å². The Morgan fingerprint density at radius 3 is 2.32 bits per heavy atom. The number of aryl methyl sites for hydroxylation is 1. The molecule has 1 amide bonds. The van der Waals surface area contributed by atoms with Gasteiger partial charge in [-0.05, 0) is 53.9 Å². The van der Waals surface area contributed by atoms with Gasteiger partial charge in [0.1, 0.15) is 5.82 Å². The van der Waals surface area contributed by atoms with Gasteiger partial charge in [-0.15, -0.1) is 0 Å². The number of hydrogen-bond donors (Lipinski definition) is 2. The van der Waals surface area contributed by atoms with Crippen molar-refractivity contribution in [3.05, 3.63) is 83.4 Å². The van der Waals surface area contributed by atoms with Crippen molar-refractivity contribution in [3.8, 4) is 11.1 Å². The summed E-state index contributed by atoms with van der Waals surface area (Å²) in [7, 11) is 0. The number of halogens is 3. The first kappa shape index (κ1) is 21.1. The molecule has 7 heteroatoms. The number of alkyl halides is 2. The summed E-state index contributed by atoms with van der Waals surface area (Å²) in [5.41, 5.74) is 2.44. The summed E-state index contributed by atoms with van der Waals surface area (Å²) in [5, 5.41) is 12.3. The smallest absolute Gasteiger partial charge is 0.250 e. The van der Waals surface area contributed by atoms with E-state index in [9.17, 15) is 23.1 Å². The second kappa shape index (κ2) is 7.81. The molecule has 0 unspecified atom stereocenters. The van der Waals surface area contributed by atoms with Crippen LogP contribution in [-0.2, 0) is 16.8 Å². The number of amides is 1. The predicted molar refractivity (Wildman–Crippen MR) is 111 cm³/mol. The van der Waals surface area contributed by atoms with E-state index in [2.05, 4.69) is 10.3 Å². The number of pyridine rings is 1. The van der Waals surface area contributed by atoms with Crippen molar-refractivity contribution < 1.29 is 23.1 Å². The maximum absolute atomic E-state index is 13.9. The second-order valence-electron chi connectivity index (χ2n) is 7.97. The van der Waals surface area contributed by atoms with E-state index in [0.717, 1.165) is 16.8 Å². The first-order valence-electron chi connectivity index (χ1n) is 9.85. The Kier molecular flexibility index (Phi) is 5.31. The highest BCUT2D eigenvalue weighted by Crippen LogP contribution is 2.54. The molecule has 1 saturated carbocycles. The van der Waals surface area contributed by atoms with Crippen molar-refractivity contribution >= 4 is 11.6 Å². The summed E-state index contributed by atoms with van der Waals surface area (Å²) >= 11 is 0. The lowest BCUT2D eigenvalue weighted by molar-refractivity contribution is -0.154. The van der Waals surface area contributed by atoms with Gasteiger partial charge in [-0.3, -0.25) is 9.78 Å². The van der Waals surface area contributed by atoms with Crippen LogP contribution in [0.5, 0.6) is 0 Å². The standard InChI is InChI=1S/C24H21F3N2O2/c1-15-10-17(12-30)21(11-28-15)16-2-4-18(5-3-16)23(13-24(26,27)14-23)22(31)29-20-8-6-19(25)7-9-20/h2-11,30H,12-14H2,1H3,(H,29,31). The van der Waals surface area contributed by atoms with E-state index in [0.29, 0.717) is 16.8 Å². The van der Waals surface area contributed by atoms with Gasteiger partial charge >= 0.3 is 0 Å². The van der Waals surface area contributed by atoms with Gasteiger partial charge in [-0.1, -0.05) is 24.3 Å². The minimum atomic E-state index is -2.93. The lowest BCUT2D eigenvalue weighted by Crippen LogP contribution is -2.56. The molecule has 0 saturated heterocycles. The van der Waals surface area contributed by atoms with Gasteiger partial charge in [-0.25, -0.2) is 13.2 Å². The lowest BCUT2D eigenvalue weighted by atomic mass is 9.61. The second-order valence-corrected chi connectivity index (χ2v) is 7.97. The molecule has 0 aliphatic heterocycles. The predicted octanol–water partition coefficient (Wildman–Crippen LogP) is 4.99. The van der Waals surface area contributed by atoms with Crippen LogP contribution >= 0.6 is 0 Å². The Balaban J connectivity index is 1.64. The highest BCUT2D eigenvalue weighted by atomic mass is 19.3. The molecular weight excluding hydrogens is 405 g/mol. The molecule has 1 aliphatic rings. The summed E-state index contributed by atoms with van der Waals surface area (Å²) < 4.78 is 40.9. The van der Waals surface area contributed by atoms with Gasteiger partial charge in [0.2, 0.25) is 5.91 Å². The molecule has 3 aromatic rings. The maximum atomic E-state index is 13.9. The number of rotatable bonds is 5. The number of nitrogens with zero attached hydrogens (tertiary/aromatic N) is 1. The Hall–Kier alpha value is -3.19. The molecule has 0 spiro atoms. The van der Waals surface area contributed by atoms with Crippen molar-refractivity contribution in [1.82, 2.24) is 4.98 Å². The highest BCUT2D eigenvalue weighted by molar-refractivity contribution is 6.00. The van der Waals surface area contributed by atoms with Gasteiger partial charge in [0, 0.05) is 36.0 Å². The molecular formula is C24H21F3N2O2. The molecule has 0 atom stereocenters. The van der Waals surface area contributed by atoms with Crippen LogP contribution in [0.2, 0.25) is 0 Å². The van der Waals surface area contributed by atoms with Crippen LogP contribution in [-0.4, -0.2) is 21.9 Å². The first-order chi connectivity index (χ1) is 14.7. The number of aliphatic hydroxyl groups is 1. The molecule has 1 aliphatic carbocycles. The molecule has 4 rings (SSSR count). The zero-order chi connectivity index (χ0) is 22.2. The van der Waals surface area contributed by atoms with Gasteiger partial charge in [-0.2, -0.15) is 0 Å². The molecule has 4 nitrogen and oxygen atoms in total. The first-order valence-corrected chi connectivity index (χ1v) is 9.85. The normalized spacial score (nSPS) is 16.4. The van der Waals surface area contributed by atoms with Crippen LogP contribution in [0.15, 0.2) is 60.8 Å². The molecule has 2 aromatic carbocycles. The molecule has 31 heavy (non-hydrogen) atoms. The van der Waals surface area contributed by atoms with Crippen LogP contribution in [0.4, 0.5) is 18.9 Å². The Morgan fingerprint density at radius 2 is 1.74 bits per heavy atom. The largest absolute Gasteiger partial charge is 0.392 e. The third-order valence-corrected chi connectivity index (χ3v) is 5.70. The molecule has 2 N–H and O–H groups in total. The van der Waals surface area contributed by atoms with Crippen LogP contribution in [0.25, 0.3) is 11.1 Å². The fraction of sp³-hybridized carbons (Fsp3) is 0.250. The van der Waals surface area contributed by atoms with Gasteiger partial charge < -0.3 is 10.4 Å². The van der Waals surface area contributed by atoms with E-state index < -0.39 is 35.9 Å². The van der Waals surface area contributed by atoms with Crippen molar-refractivity contribution in [1.29, 1.82) is 0 Å². The third kappa shape index (κ3) is 4.05. The van der Waals surface area contributed by atoms with Crippen molar-refractivity contribution in [2.75, 3.05) is 5.32 Å². The Morgan fingerprint density at radius 1 is 1.10 bits per heavy atom. The number of aliphatic hydroxyl groups excluding tert-OH is 1. The summed E-state index contributed by atoms with van der Waals surface area (Å²) in [6, 6.07) is 13.8. The molecule has 0 radical (unpaired) electrons. The third-order valence-electron chi connectivity index (χ3n) is 5.70. The average Bonchev–Trinajstić information content (AvgIpc) is 2.73. The minimum Gasteiger partial charge on any atom is -0.392 e. The fourth-order valence-corrected chi connectivity index (χ4v) is 4.09. The van der Waals surface area contributed by atoms with Gasteiger partial charge in [0.25, 0.3) is 5.92 Å². The molecule has 0 bridgehead atoms. The molecule has 1 heterocycles. The number of carbonyl (C=O) groups is 1. The SMILES string of the molecule is Cc1cc(CO)c(-c2ccc(C3(C(=O)Nc4ccc(F)cc4)CC(F)(F)C3)cc2)cn1. The summed E-state index contributed by atoms with van der Waals surface area (Å²) in [6.07, 6.45) is 0.463. The van der Waals surface area contributed by atoms with E-state index in [1.54, 1.807) is 36.5 Å². The number of hydrogen-bond acceptors (Lipinski definition) is 3. The van der Waals surface area contributed by atoms with E-state index in [-0.39, 0.29) is 6.61 Å². The topological polar surface area (TPSA) is 62.2 Å². The zero-order valence-electron chi connectivity index (χ0n) is 16.8. The van der Waals surface area contributed by atoms with Crippen LogP contribution in [0.3, 0.4) is 0 Å². The zero-order valence-corrected chi connectivity index (χ0v) is 16.8. The number of carbonyl (C=O) groups excluding carboxylic acids is 1. The molecule has 160 valence electrons. The highest BCUT2D eigenvalue weighted by Gasteiger charge is 2.61. The maximum Gasteiger partial charge on any atom is 0.250 e. The number of benzene rings is 2. The van der Waals surface area contributed by atoms with E-state index in [4.69, 9.17) is 0 Å². The minimum absolute atomic E-state index is 0.156. The fourth-order valence-electron chi connectivity index (χ4n) is 4.09. The molecule has 1 fully saturated rings. The summed E-state index contributed by atoms with van der Waals surface area (Å²) in [4.78, 5) is 17.3.